The zero-order valence-corrected chi connectivity index (χ0v) is 8.05. The zero-order valence-electron chi connectivity index (χ0n) is 8.05. The molecule has 16 heavy (non-hydrogen) atoms. The van der Waals surface area contributed by atoms with Gasteiger partial charge in [-0.2, -0.15) is 5.26 Å². The van der Waals surface area contributed by atoms with Crippen LogP contribution in [0.4, 0.5) is 10.1 Å². The van der Waals surface area contributed by atoms with Crippen molar-refractivity contribution < 1.29 is 14.4 Å². The lowest BCUT2D eigenvalue weighted by Gasteiger charge is -1.99. The number of nitro benzene ring substituents is 1. The van der Waals surface area contributed by atoms with Crippen LogP contribution in [0.25, 0.3) is 6.08 Å². The molecule has 0 saturated heterocycles. The lowest BCUT2D eigenvalue weighted by Crippen LogP contribution is -1.92. The third-order valence-electron chi connectivity index (χ3n) is 1.78. The fourth-order valence-electron chi connectivity index (χ4n) is 1.09. The van der Waals surface area contributed by atoms with E-state index in [0.717, 1.165) is 12.1 Å². The zero-order chi connectivity index (χ0) is 12.1. The summed E-state index contributed by atoms with van der Waals surface area (Å²) >= 11 is 0. The monoisotopic (exact) mass is 222 g/mol. The first-order valence-electron chi connectivity index (χ1n) is 4.26. The number of hydrogen-bond donors (Lipinski definition) is 1. The van der Waals surface area contributed by atoms with E-state index in [1.807, 2.05) is 6.07 Å². The van der Waals surface area contributed by atoms with Gasteiger partial charge in [-0.3, -0.25) is 10.1 Å². The average molecular weight is 222 g/mol. The smallest absolute Gasteiger partial charge is 0.314 e. The summed E-state index contributed by atoms with van der Waals surface area (Å²) in [6.45, 7) is 0. The third kappa shape index (κ3) is 2.54. The fraction of sp³-hybridized carbons (Fsp3) is 0.100. The normalized spacial score (nSPS) is 10.2. The molecule has 0 fully saturated rings. The number of nitro groups is 1. The van der Waals surface area contributed by atoms with E-state index in [0.29, 0.717) is 0 Å². The van der Waals surface area contributed by atoms with Crippen LogP contribution >= 0.6 is 0 Å². The van der Waals surface area contributed by atoms with Crippen LogP contribution in [0.2, 0.25) is 0 Å². The average Bonchev–Trinajstić information content (AvgIpc) is 2.23. The maximum absolute atomic E-state index is 13.1. The van der Waals surface area contributed by atoms with E-state index in [4.69, 9.17) is 10.4 Å². The van der Waals surface area contributed by atoms with Crippen molar-refractivity contribution >= 4 is 11.8 Å². The number of hydrogen-bond acceptors (Lipinski definition) is 4. The fourth-order valence-corrected chi connectivity index (χ4v) is 1.09. The molecule has 0 saturated carbocycles. The number of benzene rings is 1. The molecular weight excluding hydrogens is 215 g/mol. The van der Waals surface area contributed by atoms with Crippen molar-refractivity contribution in [3.05, 3.63) is 39.7 Å². The van der Waals surface area contributed by atoms with Gasteiger partial charge in [0.2, 0.25) is 5.75 Å². The number of rotatable bonds is 3. The van der Waals surface area contributed by atoms with Gasteiger partial charge in [-0.05, 0) is 11.6 Å². The van der Waals surface area contributed by atoms with Crippen molar-refractivity contribution in [2.24, 2.45) is 0 Å². The molecule has 0 spiro atoms. The van der Waals surface area contributed by atoms with Gasteiger partial charge in [-0.15, -0.1) is 0 Å². The topological polar surface area (TPSA) is 87.2 Å². The maximum atomic E-state index is 13.1. The number of aromatic hydroxyl groups is 1. The highest BCUT2D eigenvalue weighted by Gasteiger charge is 2.18. The molecule has 5 nitrogen and oxygen atoms in total. The van der Waals surface area contributed by atoms with Crippen LogP contribution < -0.4 is 0 Å². The van der Waals surface area contributed by atoms with Crippen LogP contribution in [0.3, 0.4) is 0 Å². The van der Waals surface area contributed by atoms with Crippen molar-refractivity contribution in [1.29, 1.82) is 5.26 Å². The van der Waals surface area contributed by atoms with Gasteiger partial charge in [0.1, 0.15) is 0 Å². The first-order chi connectivity index (χ1) is 7.56. The summed E-state index contributed by atoms with van der Waals surface area (Å²) in [5.74, 6) is -2.05. The predicted octanol–water partition coefficient (Wildman–Crippen LogP) is 2.37. The molecule has 0 aromatic heterocycles. The molecule has 0 aliphatic carbocycles. The number of allylic oxidation sites excluding steroid dienone is 1. The van der Waals surface area contributed by atoms with Crippen molar-refractivity contribution in [2.75, 3.05) is 0 Å². The Morgan fingerprint density at radius 3 is 2.88 bits per heavy atom. The number of halogens is 1. The molecule has 0 bridgehead atoms. The molecule has 0 amide bonds. The quantitative estimate of drug-likeness (QED) is 0.628. The summed E-state index contributed by atoms with van der Waals surface area (Å²) in [6, 6.07) is 3.83. The van der Waals surface area contributed by atoms with Gasteiger partial charge in [0.15, 0.2) is 5.82 Å². The molecule has 1 aromatic rings. The summed E-state index contributed by atoms with van der Waals surface area (Å²) in [5, 5.41) is 27.8. The largest absolute Gasteiger partial charge is 0.500 e. The summed E-state index contributed by atoms with van der Waals surface area (Å²) in [6.07, 6.45) is 2.94. The minimum Gasteiger partial charge on any atom is -0.500 e. The van der Waals surface area contributed by atoms with E-state index in [2.05, 4.69) is 0 Å². The van der Waals surface area contributed by atoms with Crippen molar-refractivity contribution in [3.63, 3.8) is 0 Å². The second-order valence-electron chi connectivity index (χ2n) is 2.89. The molecule has 0 aliphatic rings. The van der Waals surface area contributed by atoms with Crippen LogP contribution in [0.5, 0.6) is 5.75 Å². The van der Waals surface area contributed by atoms with Crippen molar-refractivity contribution in [2.45, 2.75) is 6.42 Å². The van der Waals surface area contributed by atoms with E-state index in [9.17, 15) is 14.5 Å². The Morgan fingerprint density at radius 2 is 2.31 bits per heavy atom. The Morgan fingerprint density at radius 1 is 1.62 bits per heavy atom. The molecule has 1 aromatic carbocycles. The number of nitrogens with zero attached hydrogens (tertiary/aromatic N) is 2. The number of nitriles is 1. The first kappa shape index (κ1) is 11.7. The van der Waals surface area contributed by atoms with Crippen molar-refractivity contribution in [3.8, 4) is 11.8 Å². The molecule has 1 N–H and O–H groups in total. The van der Waals surface area contributed by atoms with Crippen molar-refractivity contribution in [1.82, 2.24) is 0 Å². The van der Waals surface area contributed by atoms with Crippen LogP contribution in [-0.4, -0.2) is 10.0 Å². The summed E-state index contributed by atoms with van der Waals surface area (Å²) in [4.78, 5) is 9.58. The van der Waals surface area contributed by atoms with E-state index >= 15 is 0 Å². The Hall–Kier alpha value is -2.42. The van der Waals surface area contributed by atoms with Gasteiger partial charge in [0.05, 0.1) is 17.4 Å². The highest BCUT2D eigenvalue weighted by molar-refractivity contribution is 5.59. The highest BCUT2D eigenvalue weighted by atomic mass is 19.1. The van der Waals surface area contributed by atoms with Gasteiger partial charge in [0.25, 0.3) is 0 Å². The second-order valence-corrected chi connectivity index (χ2v) is 2.89. The number of phenols is 1. The van der Waals surface area contributed by atoms with Gasteiger partial charge < -0.3 is 5.11 Å². The molecule has 82 valence electrons. The maximum Gasteiger partial charge on any atom is 0.314 e. The van der Waals surface area contributed by atoms with Gasteiger partial charge in [-0.1, -0.05) is 12.2 Å². The minimum absolute atomic E-state index is 0.121. The SMILES string of the molecule is N#CCC=Cc1cc(F)c(O)c([N+](=O)[O-])c1. The lowest BCUT2D eigenvalue weighted by molar-refractivity contribution is -0.386. The summed E-state index contributed by atoms with van der Waals surface area (Å²) < 4.78 is 13.1. The van der Waals surface area contributed by atoms with E-state index in [1.54, 1.807) is 0 Å². The van der Waals surface area contributed by atoms with E-state index < -0.39 is 22.2 Å². The van der Waals surface area contributed by atoms with Crippen LogP contribution in [0.15, 0.2) is 18.2 Å². The van der Waals surface area contributed by atoms with Crippen LogP contribution in [-0.2, 0) is 0 Å². The first-order valence-corrected chi connectivity index (χ1v) is 4.26. The molecule has 6 heteroatoms. The standard InChI is InChI=1S/C10H7FN2O3/c11-8-5-7(3-1-2-4-12)6-9(10(8)14)13(15)16/h1,3,5-6,14H,2H2. The Kier molecular flexibility index (Phi) is 3.56. The Labute approximate surface area is 90.2 Å². The lowest BCUT2D eigenvalue weighted by atomic mass is 10.1. The van der Waals surface area contributed by atoms with Gasteiger partial charge >= 0.3 is 5.69 Å². The highest BCUT2D eigenvalue weighted by Crippen LogP contribution is 2.30. The molecule has 0 unspecified atom stereocenters. The van der Waals surface area contributed by atoms with E-state index in [1.165, 1.54) is 12.2 Å². The number of phenolic OH excluding ortho intramolecular Hbond substituents is 1. The van der Waals surface area contributed by atoms with Crippen LogP contribution in [0, 0.1) is 27.3 Å². The Bertz CT molecular complexity index is 492. The molecule has 0 aliphatic heterocycles. The third-order valence-corrected chi connectivity index (χ3v) is 1.78. The van der Waals surface area contributed by atoms with Gasteiger partial charge in [0, 0.05) is 6.07 Å². The summed E-state index contributed by atoms with van der Waals surface area (Å²) in [5.41, 5.74) is -0.478. The minimum atomic E-state index is -1.06. The molecule has 0 heterocycles. The van der Waals surface area contributed by atoms with Crippen LogP contribution in [0.1, 0.15) is 12.0 Å². The second kappa shape index (κ2) is 4.89. The van der Waals surface area contributed by atoms with E-state index in [-0.39, 0.29) is 12.0 Å². The molecular formula is C10H7FN2O3. The molecule has 0 atom stereocenters. The summed E-state index contributed by atoms with van der Waals surface area (Å²) in [7, 11) is 0. The molecule has 1 rings (SSSR count). The Balaban J connectivity index is 3.15. The predicted molar refractivity (Wildman–Crippen MR) is 54.0 cm³/mol. The van der Waals surface area contributed by atoms with Gasteiger partial charge in [-0.25, -0.2) is 4.39 Å². The molecule has 0 radical (unpaired) electrons.